The lowest BCUT2D eigenvalue weighted by molar-refractivity contribution is -0.118. The Morgan fingerprint density at radius 2 is 1.94 bits per heavy atom. The predicted molar refractivity (Wildman–Crippen MR) is 127 cm³/mol. The molecule has 0 aliphatic carbocycles. The number of nitrogens with one attached hydrogen (secondary N) is 1. The van der Waals surface area contributed by atoms with Crippen molar-refractivity contribution >= 4 is 29.5 Å². The summed E-state index contributed by atoms with van der Waals surface area (Å²) in [5.41, 5.74) is 3.27. The van der Waals surface area contributed by atoms with E-state index in [-0.39, 0.29) is 12.3 Å². The number of rotatable bonds is 7. The van der Waals surface area contributed by atoms with Gasteiger partial charge in [-0.3, -0.25) is 14.5 Å². The highest BCUT2D eigenvalue weighted by Gasteiger charge is 2.11. The number of methoxy groups -OCH3 is 1. The van der Waals surface area contributed by atoms with Crippen LogP contribution in [0, 0.1) is 11.7 Å². The Morgan fingerprint density at radius 3 is 2.66 bits per heavy atom. The van der Waals surface area contributed by atoms with Gasteiger partial charge in [0.05, 0.1) is 7.11 Å². The predicted octanol–water partition coefficient (Wildman–Crippen LogP) is 4.35. The molecule has 32 heavy (non-hydrogen) atoms. The molecule has 4 aromatic rings. The van der Waals surface area contributed by atoms with Crippen molar-refractivity contribution in [2.45, 2.75) is 26.4 Å². The Morgan fingerprint density at radius 1 is 1.19 bits per heavy atom. The van der Waals surface area contributed by atoms with Gasteiger partial charge in [0.15, 0.2) is 15.4 Å². The van der Waals surface area contributed by atoms with Gasteiger partial charge in [-0.1, -0.05) is 29.8 Å². The third kappa shape index (κ3) is 5.12. The van der Waals surface area contributed by atoms with Crippen LogP contribution in [0.3, 0.4) is 0 Å². The Hall–Kier alpha value is -3.30. The molecule has 1 amide bonds. The molecule has 4 rings (SSSR count). The number of aryl methyl sites for hydroxylation is 1. The SMILES string of the molecule is COc1ccc(-c2n[nH]c(=S)n2CCC(=O)N=c2sccn2Cc2ccc(C)cc2)cc1. The molecular formula is C23H23N5O2S2. The average Bonchev–Trinajstić information content (AvgIpc) is 3.39. The van der Waals surface area contributed by atoms with E-state index in [1.54, 1.807) is 7.11 Å². The second-order valence-electron chi connectivity index (χ2n) is 7.29. The monoisotopic (exact) mass is 465 g/mol. The number of carbonyl (C=O) groups excluding carboxylic acids is 1. The number of ether oxygens (including phenoxy) is 1. The number of carbonyl (C=O) groups is 1. The van der Waals surface area contributed by atoms with Gasteiger partial charge in [0.2, 0.25) is 5.91 Å². The van der Waals surface area contributed by atoms with Gasteiger partial charge in [-0.25, -0.2) is 0 Å². The maximum Gasteiger partial charge on any atom is 0.250 e. The van der Waals surface area contributed by atoms with E-state index in [0.717, 1.165) is 16.9 Å². The van der Waals surface area contributed by atoms with Gasteiger partial charge in [-0.05, 0) is 49.0 Å². The van der Waals surface area contributed by atoms with Crippen molar-refractivity contribution in [3.8, 4) is 17.1 Å². The van der Waals surface area contributed by atoms with Gasteiger partial charge in [0.1, 0.15) is 5.75 Å². The molecule has 1 N–H and O–H groups in total. The molecule has 0 radical (unpaired) electrons. The van der Waals surface area contributed by atoms with Crippen LogP contribution in [-0.4, -0.2) is 32.3 Å². The molecule has 0 aliphatic heterocycles. The van der Waals surface area contributed by atoms with Gasteiger partial charge >= 0.3 is 0 Å². The van der Waals surface area contributed by atoms with Crippen LogP contribution in [0.25, 0.3) is 11.4 Å². The summed E-state index contributed by atoms with van der Waals surface area (Å²) in [4.78, 5) is 17.6. The Labute approximate surface area is 194 Å². The van der Waals surface area contributed by atoms with Crippen LogP contribution < -0.4 is 9.54 Å². The number of benzene rings is 2. The van der Waals surface area contributed by atoms with Gasteiger partial charge < -0.3 is 9.30 Å². The molecule has 164 valence electrons. The minimum absolute atomic E-state index is 0.200. The summed E-state index contributed by atoms with van der Waals surface area (Å²) in [6.45, 7) is 3.12. The van der Waals surface area contributed by atoms with E-state index in [1.165, 1.54) is 16.9 Å². The number of H-pyrrole nitrogens is 1. The fourth-order valence-electron chi connectivity index (χ4n) is 3.25. The summed E-state index contributed by atoms with van der Waals surface area (Å²) in [5, 5.41) is 9.08. The number of hydrogen-bond acceptors (Lipinski definition) is 5. The van der Waals surface area contributed by atoms with Crippen molar-refractivity contribution in [2.75, 3.05) is 7.11 Å². The lowest BCUT2D eigenvalue weighted by atomic mass is 10.1. The molecule has 0 aliphatic rings. The quantitative estimate of drug-likeness (QED) is 0.412. The topological polar surface area (TPSA) is 77.2 Å². The van der Waals surface area contributed by atoms with Gasteiger partial charge in [0, 0.05) is 36.7 Å². The molecule has 0 bridgehead atoms. The van der Waals surface area contributed by atoms with Crippen molar-refractivity contribution < 1.29 is 9.53 Å². The number of aromatic nitrogens is 4. The number of thiazole rings is 1. The van der Waals surface area contributed by atoms with Crippen LogP contribution in [0.1, 0.15) is 17.5 Å². The second-order valence-corrected chi connectivity index (χ2v) is 8.55. The van der Waals surface area contributed by atoms with E-state index < -0.39 is 0 Å². The Kier molecular flexibility index (Phi) is 6.77. The van der Waals surface area contributed by atoms with Crippen molar-refractivity contribution in [1.82, 2.24) is 19.3 Å². The summed E-state index contributed by atoms with van der Waals surface area (Å²) in [7, 11) is 1.62. The smallest absolute Gasteiger partial charge is 0.250 e. The average molecular weight is 466 g/mol. The van der Waals surface area contributed by atoms with Crippen molar-refractivity contribution in [3.05, 3.63) is 80.8 Å². The van der Waals surface area contributed by atoms with Crippen molar-refractivity contribution in [1.29, 1.82) is 0 Å². The zero-order valence-electron chi connectivity index (χ0n) is 17.8. The fourth-order valence-corrected chi connectivity index (χ4v) is 4.22. The first-order valence-corrected chi connectivity index (χ1v) is 11.4. The summed E-state index contributed by atoms with van der Waals surface area (Å²) < 4.78 is 9.48. The third-order valence-electron chi connectivity index (χ3n) is 5.01. The lowest BCUT2D eigenvalue weighted by Crippen LogP contribution is -2.17. The highest BCUT2D eigenvalue weighted by molar-refractivity contribution is 7.71. The highest BCUT2D eigenvalue weighted by Crippen LogP contribution is 2.21. The summed E-state index contributed by atoms with van der Waals surface area (Å²) in [5.74, 6) is 1.24. The fraction of sp³-hybridized carbons (Fsp3) is 0.217. The van der Waals surface area contributed by atoms with Crippen LogP contribution in [0.15, 0.2) is 65.1 Å². The molecule has 0 atom stereocenters. The summed E-state index contributed by atoms with van der Waals surface area (Å²) >= 11 is 6.82. The molecule has 0 fully saturated rings. The van der Waals surface area contributed by atoms with Crippen LogP contribution in [0.4, 0.5) is 0 Å². The van der Waals surface area contributed by atoms with Gasteiger partial charge in [0.25, 0.3) is 0 Å². The number of amides is 1. The number of nitrogens with zero attached hydrogens (tertiary/aromatic N) is 4. The Bertz CT molecular complexity index is 1330. The minimum Gasteiger partial charge on any atom is -0.497 e. The van der Waals surface area contributed by atoms with Crippen LogP contribution in [0.5, 0.6) is 5.75 Å². The van der Waals surface area contributed by atoms with E-state index in [1.807, 2.05) is 45.0 Å². The third-order valence-corrected chi connectivity index (χ3v) is 6.12. The first-order valence-electron chi connectivity index (χ1n) is 10.1. The molecule has 7 nitrogen and oxygen atoms in total. The maximum atomic E-state index is 12.6. The first kappa shape index (κ1) is 21.9. The zero-order valence-corrected chi connectivity index (χ0v) is 19.4. The zero-order chi connectivity index (χ0) is 22.5. The normalized spacial score (nSPS) is 11.6. The molecule has 2 aromatic carbocycles. The first-order chi connectivity index (χ1) is 15.5. The largest absolute Gasteiger partial charge is 0.497 e. The molecule has 2 heterocycles. The highest BCUT2D eigenvalue weighted by atomic mass is 32.1. The number of hydrogen-bond donors (Lipinski definition) is 1. The van der Waals surface area contributed by atoms with E-state index in [2.05, 4.69) is 46.4 Å². The molecule has 0 saturated carbocycles. The van der Waals surface area contributed by atoms with Crippen molar-refractivity contribution in [3.63, 3.8) is 0 Å². The molecule has 0 spiro atoms. The van der Waals surface area contributed by atoms with Crippen LogP contribution >= 0.6 is 23.6 Å². The molecule has 0 unspecified atom stereocenters. The summed E-state index contributed by atoms with van der Waals surface area (Å²) in [6, 6.07) is 15.9. The van der Waals surface area contributed by atoms with Gasteiger partial charge in [-0.15, -0.1) is 11.3 Å². The van der Waals surface area contributed by atoms with Gasteiger partial charge in [-0.2, -0.15) is 10.1 Å². The minimum atomic E-state index is -0.200. The molecular weight excluding hydrogens is 442 g/mol. The van der Waals surface area contributed by atoms with Crippen LogP contribution in [0.2, 0.25) is 0 Å². The number of aromatic amines is 1. The molecule has 9 heteroatoms. The Balaban J connectivity index is 1.48. The van der Waals surface area contributed by atoms with E-state index in [0.29, 0.717) is 28.5 Å². The standard InChI is InChI=1S/C23H23N5O2S2/c1-16-3-5-17(6-4-16)15-27-13-14-32-23(27)24-20(29)11-12-28-21(25-26-22(28)31)18-7-9-19(30-2)10-8-18/h3-10,13-14H,11-12,15H2,1-2H3,(H,26,31). The molecule has 2 aromatic heterocycles. The second kappa shape index (κ2) is 9.88. The van der Waals surface area contributed by atoms with Crippen molar-refractivity contribution in [2.24, 2.45) is 4.99 Å². The maximum absolute atomic E-state index is 12.6. The lowest BCUT2D eigenvalue weighted by Gasteiger charge is -2.06. The summed E-state index contributed by atoms with van der Waals surface area (Å²) in [6.07, 6.45) is 2.17. The molecule has 0 saturated heterocycles. The van der Waals surface area contributed by atoms with Crippen LogP contribution in [-0.2, 0) is 17.9 Å². The van der Waals surface area contributed by atoms with E-state index in [9.17, 15) is 4.79 Å². The van der Waals surface area contributed by atoms with E-state index >= 15 is 0 Å². The van der Waals surface area contributed by atoms with E-state index in [4.69, 9.17) is 17.0 Å².